The highest BCUT2D eigenvalue weighted by Crippen LogP contribution is 2.46. The van der Waals surface area contributed by atoms with Gasteiger partial charge in [-0.15, -0.1) is 0 Å². The fourth-order valence-corrected chi connectivity index (χ4v) is 6.50. The second kappa shape index (κ2) is 11.1. The Balaban J connectivity index is 1.49. The molecule has 1 aliphatic heterocycles. The van der Waals surface area contributed by atoms with Crippen molar-refractivity contribution in [1.29, 1.82) is 0 Å². The Kier molecular flexibility index (Phi) is 7.63. The smallest absolute Gasteiger partial charge is 0.255 e. The van der Waals surface area contributed by atoms with E-state index in [0.717, 1.165) is 36.8 Å². The van der Waals surface area contributed by atoms with E-state index in [2.05, 4.69) is 23.6 Å². The predicted molar refractivity (Wildman–Crippen MR) is 151 cm³/mol. The normalized spacial score (nSPS) is 21.4. The van der Waals surface area contributed by atoms with Crippen molar-refractivity contribution >= 4 is 23.2 Å². The molecule has 2 aliphatic carbocycles. The van der Waals surface area contributed by atoms with Gasteiger partial charge in [0.25, 0.3) is 5.91 Å². The standard InChI is InChI=1S/C32H34N2O6/c1-2-24(35)28-21(13-19-14-26(37)30(32(33)40)27(38)15-19)16-23-22(9-10-25(36)29(23)31(28)39)20-7-5-18(6-8-20)17-34-11-3-4-12-34/h2,5-10,19,21,36-37,39H,1,3-4,11-17H2,(H2,33,40). The van der Waals surface area contributed by atoms with Crippen LogP contribution in [0.1, 0.15) is 48.8 Å². The van der Waals surface area contributed by atoms with E-state index in [1.807, 2.05) is 18.2 Å². The maximum absolute atomic E-state index is 12.9. The van der Waals surface area contributed by atoms with Crippen LogP contribution in [-0.2, 0) is 27.3 Å². The highest BCUT2D eigenvalue weighted by atomic mass is 16.3. The van der Waals surface area contributed by atoms with Crippen molar-refractivity contribution in [3.05, 3.63) is 82.6 Å². The van der Waals surface area contributed by atoms with Crippen LogP contribution >= 0.6 is 0 Å². The predicted octanol–water partition coefficient (Wildman–Crippen LogP) is 4.52. The van der Waals surface area contributed by atoms with Crippen LogP contribution in [0.3, 0.4) is 0 Å². The third-order valence-electron chi connectivity index (χ3n) is 8.35. The SMILES string of the molecule is C=CC(=O)C1=C(O)c2c(O)ccc(-c3ccc(CN4CCCC4)cc3)c2CC1CC1CC(=O)C(C(N)=O)=C(O)C1. The van der Waals surface area contributed by atoms with Crippen molar-refractivity contribution in [3.8, 4) is 16.9 Å². The van der Waals surface area contributed by atoms with Gasteiger partial charge in [0.2, 0.25) is 0 Å². The third-order valence-corrected chi connectivity index (χ3v) is 8.35. The van der Waals surface area contributed by atoms with Gasteiger partial charge in [-0.1, -0.05) is 36.9 Å². The number of amides is 1. The number of aromatic hydroxyl groups is 1. The number of aliphatic hydroxyl groups is 2. The Hall–Kier alpha value is -4.17. The van der Waals surface area contributed by atoms with Crippen molar-refractivity contribution < 1.29 is 29.7 Å². The summed E-state index contributed by atoms with van der Waals surface area (Å²) in [6.07, 6.45) is 4.25. The molecule has 5 N–H and O–H groups in total. The molecule has 1 fully saturated rings. The largest absolute Gasteiger partial charge is 0.511 e. The first-order chi connectivity index (χ1) is 19.2. The van der Waals surface area contributed by atoms with Gasteiger partial charge in [-0.25, -0.2) is 0 Å². The number of nitrogens with two attached hydrogens (primary N) is 1. The summed E-state index contributed by atoms with van der Waals surface area (Å²) in [4.78, 5) is 39.5. The van der Waals surface area contributed by atoms with Gasteiger partial charge in [-0.05, 0) is 85.0 Å². The van der Waals surface area contributed by atoms with Crippen molar-refractivity contribution in [2.75, 3.05) is 13.1 Å². The molecule has 2 unspecified atom stereocenters. The zero-order valence-electron chi connectivity index (χ0n) is 22.4. The van der Waals surface area contributed by atoms with Crippen LogP contribution in [0.4, 0.5) is 0 Å². The molecule has 0 aromatic heterocycles. The number of aliphatic hydroxyl groups excluding tert-OH is 2. The Morgan fingerprint density at radius 3 is 2.33 bits per heavy atom. The van der Waals surface area contributed by atoms with Crippen LogP contribution in [0.2, 0.25) is 0 Å². The second-order valence-electron chi connectivity index (χ2n) is 11.0. The number of rotatable bonds is 8. The molecule has 0 radical (unpaired) electrons. The molecule has 3 aliphatic rings. The minimum Gasteiger partial charge on any atom is -0.511 e. The van der Waals surface area contributed by atoms with Crippen LogP contribution in [0.15, 0.2) is 66.0 Å². The van der Waals surface area contributed by atoms with E-state index in [-0.39, 0.29) is 52.7 Å². The number of Topliss-reactive ketones (excluding diaryl/α,β-unsaturated/α-hetero) is 1. The summed E-state index contributed by atoms with van der Waals surface area (Å²) < 4.78 is 0. The van der Waals surface area contributed by atoms with E-state index in [9.17, 15) is 29.7 Å². The first-order valence-corrected chi connectivity index (χ1v) is 13.7. The molecule has 2 atom stereocenters. The number of primary amides is 1. The van der Waals surface area contributed by atoms with Gasteiger partial charge in [-0.2, -0.15) is 0 Å². The Morgan fingerprint density at radius 2 is 1.70 bits per heavy atom. The number of hydrogen-bond donors (Lipinski definition) is 4. The Bertz CT molecular complexity index is 1450. The van der Waals surface area contributed by atoms with Gasteiger partial charge in [0.1, 0.15) is 22.8 Å². The number of phenolic OH excluding ortho intramolecular Hbond substituents is 1. The van der Waals surface area contributed by atoms with Gasteiger partial charge in [0.05, 0.1) is 5.56 Å². The van der Waals surface area contributed by atoms with E-state index < -0.39 is 23.4 Å². The molecule has 0 spiro atoms. The summed E-state index contributed by atoms with van der Waals surface area (Å²) in [7, 11) is 0. The quantitative estimate of drug-likeness (QED) is 0.284. The van der Waals surface area contributed by atoms with Gasteiger partial charge in [-0.3, -0.25) is 19.3 Å². The monoisotopic (exact) mass is 542 g/mol. The highest BCUT2D eigenvalue weighted by Gasteiger charge is 2.38. The van der Waals surface area contributed by atoms with Crippen molar-refractivity contribution in [3.63, 3.8) is 0 Å². The van der Waals surface area contributed by atoms with E-state index in [1.54, 1.807) is 0 Å². The van der Waals surface area contributed by atoms with E-state index in [4.69, 9.17) is 5.73 Å². The summed E-state index contributed by atoms with van der Waals surface area (Å²) in [5.41, 5.74) is 8.91. The zero-order chi connectivity index (χ0) is 28.6. The molecular weight excluding hydrogens is 508 g/mol. The van der Waals surface area contributed by atoms with Gasteiger partial charge < -0.3 is 21.1 Å². The molecule has 40 heavy (non-hydrogen) atoms. The number of allylic oxidation sites excluding steroid dienone is 3. The molecule has 1 amide bonds. The minimum atomic E-state index is -0.959. The van der Waals surface area contributed by atoms with Crippen LogP contribution in [0, 0.1) is 11.8 Å². The van der Waals surface area contributed by atoms with Crippen LogP contribution in [0.25, 0.3) is 16.9 Å². The van der Waals surface area contributed by atoms with E-state index >= 15 is 0 Å². The molecule has 0 saturated carbocycles. The van der Waals surface area contributed by atoms with Crippen LogP contribution < -0.4 is 5.73 Å². The average Bonchev–Trinajstić information content (AvgIpc) is 3.41. The number of carbonyl (C=O) groups is 3. The Labute approximate surface area is 233 Å². The number of phenols is 1. The lowest BCUT2D eigenvalue weighted by Crippen LogP contribution is -2.31. The maximum atomic E-state index is 12.9. The third kappa shape index (κ3) is 5.19. The topological polar surface area (TPSA) is 141 Å². The molecule has 5 rings (SSSR count). The molecule has 8 heteroatoms. The lowest BCUT2D eigenvalue weighted by molar-refractivity contribution is -0.122. The molecule has 2 aromatic rings. The number of likely N-dealkylation sites (tertiary alicyclic amines) is 1. The lowest BCUT2D eigenvalue weighted by Gasteiger charge is -2.32. The number of benzene rings is 2. The first-order valence-electron chi connectivity index (χ1n) is 13.7. The number of ketones is 2. The molecule has 2 aromatic carbocycles. The Morgan fingerprint density at radius 1 is 1.00 bits per heavy atom. The summed E-state index contributed by atoms with van der Waals surface area (Å²) in [5, 5.41) is 32.5. The second-order valence-corrected chi connectivity index (χ2v) is 11.0. The fourth-order valence-electron chi connectivity index (χ4n) is 6.50. The minimum absolute atomic E-state index is 0.00656. The number of hydrogen-bond acceptors (Lipinski definition) is 7. The summed E-state index contributed by atoms with van der Waals surface area (Å²) >= 11 is 0. The summed E-state index contributed by atoms with van der Waals surface area (Å²) in [6, 6.07) is 11.6. The number of carbonyl (C=O) groups excluding carboxylic acids is 3. The zero-order valence-corrected chi connectivity index (χ0v) is 22.4. The number of nitrogens with zero attached hydrogens (tertiary/aromatic N) is 1. The van der Waals surface area contributed by atoms with E-state index in [1.165, 1.54) is 24.5 Å². The van der Waals surface area contributed by atoms with Gasteiger partial charge in [0.15, 0.2) is 11.6 Å². The average molecular weight is 543 g/mol. The number of fused-ring (bicyclic) bond motifs is 1. The molecule has 1 saturated heterocycles. The highest BCUT2D eigenvalue weighted by molar-refractivity contribution is 6.19. The van der Waals surface area contributed by atoms with Gasteiger partial charge in [0, 0.05) is 25.0 Å². The first kappa shape index (κ1) is 27.4. The fraction of sp³-hybridized carbons (Fsp3) is 0.344. The molecule has 0 bridgehead atoms. The van der Waals surface area contributed by atoms with Gasteiger partial charge >= 0.3 is 0 Å². The summed E-state index contributed by atoms with van der Waals surface area (Å²) in [5.74, 6) is -3.61. The van der Waals surface area contributed by atoms with Crippen molar-refractivity contribution in [2.24, 2.45) is 17.6 Å². The molecular formula is C32H34N2O6. The molecule has 8 nitrogen and oxygen atoms in total. The lowest BCUT2D eigenvalue weighted by atomic mass is 9.72. The van der Waals surface area contributed by atoms with Crippen molar-refractivity contribution in [1.82, 2.24) is 4.90 Å². The van der Waals surface area contributed by atoms with Crippen molar-refractivity contribution in [2.45, 2.75) is 45.1 Å². The maximum Gasteiger partial charge on any atom is 0.255 e. The summed E-state index contributed by atoms with van der Waals surface area (Å²) in [6.45, 7) is 6.69. The molecule has 1 heterocycles. The van der Waals surface area contributed by atoms with Crippen LogP contribution in [-0.4, -0.2) is 50.8 Å². The van der Waals surface area contributed by atoms with Crippen LogP contribution in [0.5, 0.6) is 5.75 Å². The van der Waals surface area contributed by atoms with E-state index in [0.29, 0.717) is 18.4 Å². The molecule has 208 valence electrons.